The van der Waals surface area contributed by atoms with Crippen LogP contribution in [-0.4, -0.2) is 20.7 Å². The van der Waals surface area contributed by atoms with Crippen molar-refractivity contribution in [2.45, 2.75) is 0 Å². The summed E-state index contributed by atoms with van der Waals surface area (Å²) < 4.78 is 1.54. The molecule has 0 aliphatic carbocycles. The number of rotatable bonds is 3. The summed E-state index contributed by atoms with van der Waals surface area (Å²) in [6, 6.07) is 5.10. The van der Waals surface area contributed by atoms with Gasteiger partial charge in [-0.2, -0.15) is 5.10 Å². The molecule has 0 fully saturated rings. The zero-order valence-electron chi connectivity index (χ0n) is 8.80. The quantitative estimate of drug-likeness (QED) is 0.846. The summed E-state index contributed by atoms with van der Waals surface area (Å²) in [7, 11) is 0. The van der Waals surface area contributed by atoms with E-state index >= 15 is 0 Å². The van der Waals surface area contributed by atoms with Crippen molar-refractivity contribution in [3.63, 3.8) is 0 Å². The van der Waals surface area contributed by atoms with E-state index in [-0.39, 0.29) is 5.91 Å². The lowest BCUT2D eigenvalue weighted by Crippen LogP contribution is -2.10. The minimum atomic E-state index is -0.311. The topological polar surface area (TPSA) is 59.8 Å². The van der Waals surface area contributed by atoms with Gasteiger partial charge in [0.05, 0.1) is 11.4 Å². The third-order valence-electron chi connectivity index (χ3n) is 2.07. The van der Waals surface area contributed by atoms with Crippen molar-refractivity contribution >= 4 is 23.2 Å². The lowest BCUT2D eigenvalue weighted by Gasteiger charge is -2.09. The molecule has 86 valence electrons. The molecule has 1 N–H and O–H groups in total. The van der Waals surface area contributed by atoms with Crippen LogP contribution in [0.3, 0.4) is 0 Å². The summed E-state index contributed by atoms with van der Waals surface area (Å²) in [5, 5.41) is 7.18. The molecule has 1 heterocycles. The van der Waals surface area contributed by atoms with Gasteiger partial charge in [-0.05, 0) is 24.3 Å². The highest BCUT2D eigenvalue weighted by atomic mass is 35.5. The highest BCUT2D eigenvalue weighted by molar-refractivity contribution is 6.31. The number of hydrogen-bond acceptors (Lipinski definition) is 3. The number of carbonyl (C=O) groups is 1. The predicted octanol–water partition coefficient (Wildman–Crippen LogP) is 2.05. The van der Waals surface area contributed by atoms with Gasteiger partial charge in [-0.25, -0.2) is 9.67 Å². The number of anilines is 1. The van der Waals surface area contributed by atoms with Gasteiger partial charge >= 0.3 is 0 Å². The Morgan fingerprint density at radius 1 is 1.53 bits per heavy atom. The summed E-state index contributed by atoms with van der Waals surface area (Å²) in [5.74, 6) is -0.311. The Balaban J connectivity index is 2.44. The molecule has 0 bridgehead atoms. The summed E-state index contributed by atoms with van der Waals surface area (Å²) in [6.45, 7) is 3.39. The Labute approximate surface area is 103 Å². The molecule has 0 aliphatic rings. The fourth-order valence-corrected chi connectivity index (χ4v) is 1.50. The number of nitrogens with one attached hydrogen (secondary N) is 1. The molecule has 17 heavy (non-hydrogen) atoms. The Kier molecular flexibility index (Phi) is 3.20. The van der Waals surface area contributed by atoms with Crippen LogP contribution in [0.5, 0.6) is 0 Å². The summed E-state index contributed by atoms with van der Waals surface area (Å²) in [4.78, 5) is 15.1. The van der Waals surface area contributed by atoms with Gasteiger partial charge in [0, 0.05) is 5.02 Å². The molecule has 0 aliphatic heterocycles. The van der Waals surface area contributed by atoms with Crippen LogP contribution >= 0.6 is 11.6 Å². The van der Waals surface area contributed by atoms with Crippen molar-refractivity contribution in [3.05, 3.63) is 48.5 Å². The minimum absolute atomic E-state index is 0.311. The second kappa shape index (κ2) is 4.80. The fraction of sp³-hybridized carbons (Fsp3) is 0. The molecule has 0 radical (unpaired) electrons. The zero-order chi connectivity index (χ0) is 12.3. The Morgan fingerprint density at radius 3 is 3.00 bits per heavy atom. The third-order valence-corrected chi connectivity index (χ3v) is 2.30. The molecule has 2 rings (SSSR count). The number of amides is 1. The number of nitrogens with zero attached hydrogens (tertiary/aromatic N) is 3. The first kappa shape index (κ1) is 11.3. The average molecular weight is 249 g/mol. The Bertz CT molecular complexity index is 551. The molecule has 1 aromatic carbocycles. The number of halogens is 1. The molecule has 2 aromatic rings. The summed E-state index contributed by atoms with van der Waals surface area (Å²) >= 11 is 5.88. The maximum absolute atomic E-state index is 11.3. The van der Waals surface area contributed by atoms with E-state index in [1.54, 1.807) is 18.2 Å². The average Bonchev–Trinajstić information content (AvgIpc) is 2.82. The minimum Gasteiger partial charge on any atom is -0.321 e. The zero-order valence-corrected chi connectivity index (χ0v) is 9.55. The van der Waals surface area contributed by atoms with Crippen molar-refractivity contribution in [1.82, 2.24) is 14.8 Å². The molecule has 0 atom stereocenters. The summed E-state index contributed by atoms with van der Waals surface area (Å²) in [5.41, 5.74) is 1.23. The highest BCUT2D eigenvalue weighted by Crippen LogP contribution is 2.23. The third kappa shape index (κ3) is 2.51. The maximum Gasteiger partial charge on any atom is 0.247 e. The smallest absolute Gasteiger partial charge is 0.247 e. The number of benzene rings is 1. The molecule has 0 saturated carbocycles. The van der Waals surface area contributed by atoms with E-state index in [1.165, 1.54) is 23.4 Å². The van der Waals surface area contributed by atoms with Crippen LogP contribution in [0.25, 0.3) is 5.69 Å². The number of carbonyl (C=O) groups excluding carboxylic acids is 1. The van der Waals surface area contributed by atoms with E-state index in [0.717, 1.165) is 0 Å². The van der Waals surface area contributed by atoms with Crippen LogP contribution in [0.15, 0.2) is 43.5 Å². The molecule has 6 heteroatoms. The standard InChI is InChI=1S/C11H9ClN4O/c1-2-11(17)15-9-5-8(12)3-4-10(9)16-7-13-6-14-16/h2-7H,1H2,(H,15,17). The molecule has 0 spiro atoms. The largest absolute Gasteiger partial charge is 0.321 e. The van der Waals surface area contributed by atoms with E-state index < -0.39 is 0 Å². The van der Waals surface area contributed by atoms with Crippen molar-refractivity contribution < 1.29 is 4.79 Å². The molecule has 1 amide bonds. The van der Waals surface area contributed by atoms with Crippen LogP contribution in [0.1, 0.15) is 0 Å². The van der Waals surface area contributed by atoms with Crippen LogP contribution in [-0.2, 0) is 4.79 Å². The van der Waals surface area contributed by atoms with Gasteiger partial charge in [0.2, 0.25) is 5.91 Å². The molecule has 5 nitrogen and oxygen atoms in total. The second-order valence-corrected chi connectivity index (χ2v) is 3.63. The van der Waals surface area contributed by atoms with E-state index in [2.05, 4.69) is 22.0 Å². The maximum atomic E-state index is 11.3. The van der Waals surface area contributed by atoms with Crippen LogP contribution in [0, 0.1) is 0 Å². The molecule has 1 aromatic heterocycles. The number of hydrogen-bond donors (Lipinski definition) is 1. The lowest BCUT2D eigenvalue weighted by atomic mass is 10.2. The van der Waals surface area contributed by atoms with Gasteiger partial charge in [-0.3, -0.25) is 4.79 Å². The van der Waals surface area contributed by atoms with E-state index in [9.17, 15) is 4.79 Å². The van der Waals surface area contributed by atoms with Gasteiger partial charge in [-0.15, -0.1) is 0 Å². The molecule has 0 saturated heterocycles. The van der Waals surface area contributed by atoms with E-state index in [0.29, 0.717) is 16.4 Å². The first-order valence-electron chi connectivity index (χ1n) is 4.78. The van der Waals surface area contributed by atoms with E-state index in [4.69, 9.17) is 11.6 Å². The van der Waals surface area contributed by atoms with Crippen molar-refractivity contribution in [2.24, 2.45) is 0 Å². The monoisotopic (exact) mass is 248 g/mol. The van der Waals surface area contributed by atoms with Gasteiger partial charge in [0.15, 0.2) is 0 Å². The second-order valence-electron chi connectivity index (χ2n) is 3.19. The van der Waals surface area contributed by atoms with Crippen molar-refractivity contribution in [1.29, 1.82) is 0 Å². The summed E-state index contributed by atoms with van der Waals surface area (Å²) in [6.07, 6.45) is 4.13. The molecular formula is C11H9ClN4O. The van der Waals surface area contributed by atoms with Crippen molar-refractivity contribution in [2.75, 3.05) is 5.32 Å². The lowest BCUT2D eigenvalue weighted by molar-refractivity contribution is -0.111. The SMILES string of the molecule is C=CC(=O)Nc1cc(Cl)ccc1-n1cncn1. The molecular weight excluding hydrogens is 240 g/mol. The van der Waals surface area contributed by atoms with Gasteiger partial charge in [0.25, 0.3) is 0 Å². The Hall–Kier alpha value is -2.14. The molecule has 0 unspecified atom stereocenters. The van der Waals surface area contributed by atoms with Gasteiger partial charge < -0.3 is 5.32 Å². The first-order chi connectivity index (χ1) is 8.20. The van der Waals surface area contributed by atoms with Crippen LogP contribution in [0.2, 0.25) is 5.02 Å². The van der Waals surface area contributed by atoms with Crippen molar-refractivity contribution in [3.8, 4) is 5.69 Å². The fourth-order valence-electron chi connectivity index (χ4n) is 1.32. The van der Waals surface area contributed by atoms with Gasteiger partial charge in [-0.1, -0.05) is 18.2 Å². The first-order valence-corrected chi connectivity index (χ1v) is 5.16. The normalized spacial score (nSPS) is 9.94. The van der Waals surface area contributed by atoms with Crippen LogP contribution < -0.4 is 5.32 Å². The van der Waals surface area contributed by atoms with E-state index in [1.807, 2.05) is 0 Å². The predicted molar refractivity (Wildman–Crippen MR) is 65.2 cm³/mol. The number of aromatic nitrogens is 3. The Morgan fingerprint density at radius 2 is 2.35 bits per heavy atom. The van der Waals surface area contributed by atoms with Crippen LogP contribution in [0.4, 0.5) is 5.69 Å². The van der Waals surface area contributed by atoms with Gasteiger partial charge in [0.1, 0.15) is 12.7 Å². The highest BCUT2D eigenvalue weighted by Gasteiger charge is 2.08.